The maximum atomic E-state index is 9.38. The molecule has 106 valence electrons. The van der Waals surface area contributed by atoms with Crippen LogP contribution in [0.15, 0.2) is 18.2 Å². The van der Waals surface area contributed by atoms with Crippen molar-refractivity contribution in [2.45, 2.75) is 32.2 Å². The summed E-state index contributed by atoms with van der Waals surface area (Å²) in [5, 5.41) is 14.1. The minimum absolute atomic E-state index is 0.319. The van der Waals surface area contributed by atoms with E-state index < -0.39 is 0 Å². The van der Waals surface area contributed by atoms with Crippen molar-refractivity contribution in [2.75, 3.05) is 13.2 Å². The van der Waals surface area contributed by atoms with Crippen LogP contribution < -0.4 is 5.32 Å². The molecule has 0 aliphatic heterocycles. The third kappa shape index (κ3) is 4.35. The van der Waals surface area contributed by atoms with Gasteiger partial charge in [-0.3, -0.25) is 0 Å². The molecule has 2 unspecified atom stereocenters. The largest absolute Gasteiger partial charge is 0.396 e. The number of halogens is 2. The second kappa shape index (κ2) is 7.49. The highest BCUT2D eigenvalue weighted by Gasteiger charge is 2.23. The van der Waals surface area contributed by atoms with Crippen LogP contribution in [0.25, 0.3) is 0 Å². The zero-order valence-corrected chi connectivity index (χ0v) is 12.6. The van der Waals surface area contributed by atoms with E-state index in [0.717, 1.165) is 25.1 Å². The second-order valence-electron chi connectivity index (χ2n) is 5.37. The van der Waals surface area contributed by atoms with Crippen LogP contribution in [-0.4, -0.2) is 18.3 Å². The molecule has 1 fully saturated rings. The molecule has 0 heterocycles. The van der Waals surface area contributed by atoms with Crippen LogP contribution in [0, 0.1) is 11.8 Å². The van der Waals surface area contributed by atoms with Crippen LogP contribution in [0.2, 0.25) is 10.0 Å². The van der Waals surface area contributed by atoms with E-state index in [1.54, 1.807) is 0 Å². The molecule has 2 rings (SSSR count). The van der Waals surface area contributed by atoms with E-state index in [2.05, 4.69) is 5.32 Å². The van der Waals surface area contributed by atoms with Gasteiger partial charge in [0.2, 0.25) is 0 Å². The minimum atomic E-state index is 0.319. The molecule has 2 N–H and O–H groups in total. The van der Waals surface area contributed by atoms with Crippen molar-refractivity contribution in [2.24, 2.45) is 11.8 Å². The van der Waals surface area contributed by atoms with Crippen molar-refractivity contribution >= 4 is 23.2 Å². The number of nitrogens with one attached hydrogen (secondary N) is 1. The fourth-order valence-electron chi connectivity index (χ4n) is 2.85. The molecule has 1 aromatic carbocycles. The summed E-state index contributed by atoms with van der Waals surface area (Å²) in [6.07, 6.45) is 4.93. The molecular weight excluding hydrogens is 281 g/mol. The van der Waals surface area contributed by atoms with Crippen molar-refractivity contribution in [3.63, 3.8) is 0 Å². The Hall–Kier alpha value is -0.280. The maximum absolute atomic E-state index is 9.38. The highest BCUT2D eigenvalue weighted by Crippen LogP contribution is 2.29. The van der Waals surface area contributed by atoms with Gasteiger partial charge in [0.15, 0.2) is 0 Å². The molecule has 0 spiro atoms. The first-order valence-electron chi connectivity index (χ1n) is 6.96. The molecular formula is C15H21Cl2NO. The molecule has 0 amide bonds. The first-order chi connectivity index (χ1) is 9.20. The van der Waals surface area contributed by atoms with E-state index in [-0.39, 0.29) is 0 Å². The highest BCUT2D eigenvalue weighted by molar-refractivity contribution is 6.42. The van der Waals surface area contributed by atoms with Crippen LogP contribution in [0.1, 0.15) is 31.2 Å². The van der Waals surface area contributed by atoms with E-state index in [1.807, 2.05) is 18.2 Å². The monoisotopic (exact) mass is 301 g/mol. The molecule has 2 nitrogen and oxygen atoms in total. The molecule has 4 heteroatoms. The number of aliphatic hydroxyl groups excluding tert-OH is 1. The summed E-state index contributed by atoms with van der Waals surface area (Å²) >= 11 is 11.9. The second-order valence-corrected chi connectivity index (χ2v) is 6.18. The normalized spacial score (nSPS) is 23.5. The van der Waals surface area contributed by atoms with E-state index >= 15 is 0 Å². The van der Waals surface area contributed by atoms with Gasteiger partial charge in [0.05, 0.1) is 10.0 Å². The molecule has 0 aromatic heterocycles. The standard InChI is InChI=1S/C15H21Cl2NO/c16-14-6-5-11(7-15(14)17)8-18-9-12-3-1-2-4-13(12)10-19/h5-7,12-13,18-19H,1-4,8-10H2. The Morgan fingerprint density at radius 2 is 1.84 bits per heavy atom. The number of rotatable bonds is 5. The summed E-state index contributed by atoms with van der Waals surface area (Å²) in [6, 6.07) is 5.73. The zero-order valence-electron chi connectivity index (χ0n) is 11.0. The summed E-state index contributed by atoms with van der Waals surface area (Å²) < 4.78 is 0. The zero-order chi connectivity index (χ0) is 13.7. The van der Waals surface area contributed by atoms with Gasteiger partial charge in [-0.25, -0.2) is 0 Å². The van der Waals surface area contributed by atoms with Gasteiger partial charge in [-0.05, 0) is 48.9 Å². The number of benzene rings is 1. The van der Waals surface area contributed by atoms with E-state index in [4.69, 9.17) is 23.2 Å². The first kappa shape index (κ1) is 15.1. The summed E-state index contributed by atoms with van der Waals surface area (Å²) in [6.45, 7) is 2.08. The van der Waals surface area contributed by atoms with Crippen LogP contribution in [-0.2, 0) is 6.54 Å². The van der Waals surface area contributed by atoms with E-state index in [9.17, 15) is 5.11 Å². The Balaban J connectivity index is 1.80. The Morgan fingerprint density at radius 1 is 1.11 bits per heavy atom. The Morgan fingerprint density at radius 3 is 2.53 bits per heavy atom. The molecule has 1 aliphatic carbocycles. The van der Waals surface area contributed by atoms with Gasteiger partial charge in [-0.1, -0.05) is 42.1 Å². The van der Waals surface area contributed by atoms with Gasteiger partial charge in [-0.2, -0.15) is 0 Å². The molecule has 1 aliphatic rings. The molecule has 1 saturated carbocycles. The molecule has 19 heavy (non-hydrogen) atoms. The topological polar surface area (TPSA) is 32.3 Å². The van der Waals surface area contributed by atoms with Gasteiger partial charge in [-0.15, -0.1) is 0 Å². The van der Waals surface area contributed by atoms with Gasteiger partial charge in [0.1, 0.15) is 0 Å². The predicted molar refractivity (Wildman–Crippen MR) is 80.7 cm³/mol. The summed E-state index contributed by atoms with van der Waals surface area (Å²) in [7, 11) is 0. The predicted octanol–water partition coefficient (Wildman–Crippen LogP) is 3.88. The fourth-order valence-corrected chi connectivity index (χ4v) is 3.17. The summed E-state index contributed by atoms with van der Waals surface area (Å²) in [4.78, 5) is 0. The van der Waals surface area contributed by atoms with Gasteiger partial charge < -0.3 is 10.4 Å². The molecule has 0 saturated heterocycles. The van der Waals surface area contributed by atoms with Crippen molar-refractivity contribution in [1.82, 2.24) is 5.32 Å². The average molecular weight is 302 g/mol. The lowest BCUT2D eigenvalue weighted by Crippen LogP contribution is -2.32. The Kier molecular flexibility index (Phi) is 5.96. The Bertz CT molecular complexity index is 411. The quantitative estimate of drug-likeness (QED) is 0.865. The summed E-state index contributed by atoms with van der Waals surface area (Å²) in [5.74, 6) is 1.07. The molecule has 0 radical (unpaired) electrons. The Labute approximate surface area is 125 Å². The van der Waals surface area contributed by atoms with Gasteiger partial charge in [0.25, 0.3) is 0 Å². The average Bonchev–Trinajstić information content (AvgIpc) is 2.43. The first-order valence-corrected chi connectivity index (χ1v) is 7.72. The number of hydrogen-bond acceptors (Lipinski definition) is 2. The third-order valence-electron chi connectivity index (χ3n) is 4.02. The van der Waals surface area contributed by atoms with Crippen molar-refractivity contribution in [3.8, 4) is 0 Å². The third-order valence-corrected chi connectivity index (χ3v) is 4.76. The van der Waals surface area contributed by atoms with Gasteiger partial charge in [0, 0.05) is 13.2 Å². The van der Waals surface area contributed by atoms with Gasteiger partial charge >= 0.3 is 0 Å². The SMILES string of the molecule is OCC1CCCCC1CNCc1ccc(Cl)c(Cl)c1. The summed E-state index contributed by atoms with van der Waals surface area (Å²) in [5.41, 5.74) is 1.14. The molecule has 0 bridgehead atoms. The fraction of sp³-hybridized carbons (Fsp3) is 0.600. The minimum Gasteiger partial charge on any atom is -0.396 e. The van der Waals surface area contributed by atoms with Crippen LogP contribution in [0.5, 0.6) is 0 Å². The van der Waals surface area contributed by atoms with Crippen LogP contribution in [0.4, 0.5) is 0 Å². The lowest BCUT2D eigenvalue weighted by molar-refractivity contribution is 0.133. The van der Waals surface area contributed by atoms with Crippen molar-refractivity contribution in [3.05, 3.63) is 33.8 Å². The van der Waals surface area contributed by atoms with E-state index in [1.165, 1.54) is 19.3 Å². The number of aliphatic hydroxyl groups is 1. The lowest BCUT2D eigenvalue weighted by Gasteiger charge is -2.30. The van der Waals surface area contributed by atoms with Crippen LogP contribution in [0.3, 0.4) is 0 Å². The molecule has 1 aromatic rings. The van der Waals surface area contributed by atoms with Crippen molar-refractivity contribution < 1.29 is 5.11 Å². The highest BCUT2D eigenvalue weighted by atomic mass is 35.5. The number of hydrogen-bond donors (Lipinski definition) is 2. The lowest BCUT2D eigenvalue weighted by atomic mass is 9.79. The smallest absolute Gasteiger partial charge is 0.0595 e. The van der Waals surface area contributed by atoms with E-state index in [0.29, 0.717) is 28.5 Å². The maximum Gasteiger partial charge on any atom is 0.0595 e. The van der Waals surface area contributed by atoms with Crippen molar-refractivity contribution in [1.29, 1.82) is 0 Å². The molecule has 2 atom stereocenters. The van der Waals surface area contributed by atoms with Crippen LogP contribution >= 0.6 is 23.2 Å².